The third-order valence-corrected chi connectivity index (χ3v) is 5.00. The average Bonchev–Trinajstić information content (AvgIpc) is 2.95. The first-order valence-corrected chi connectivity index (χ1v) is 7.93. The lowest BCUT2D eigenvalue weighted by Crippen LogP contribution is -2.48. The molecule has 1 saturated heterocycles. The van der Waals surface area contributed by atoms with Gasteiger partial charge in [-0.1, -0.05) is 17.7 Å². The molecule has 4 heteroatoms. The summed E-state index contributed by atoms with van der Waals surface area (Å²) in [6.07, 6.45) is 4.07. The van der Waals surface area contributed by atoms with Crippen molar-refractivity contribution in [3.63, 3.8) is 0 Å². The van der Waals surface area contributed by atoms with Gasteiger partial charge in [0.1, 0.15) is 0 Å². The van der Waals surface area contributed by atoms with Gasteiger partial charge in [0.15, 0.2) is 0 Å². The SMILES string of the molecule is CNC(C)c1ccc(N2CCOC3CCCC32)c(Cl)c1. The predicted molar refractivity (Wildman–Crippen MR) is 83.7 cm³/mol. The summed E-state index contributed by atoms with van der Waals surface area (Å²) in [5, 5.41) is 4.11. The summed E-state index contributed by atoms with van der Waals surface area (Å²) in [7, 11) is 1.97. The van der Waals surface area contributed by atoms with Gasteiger partial charge in [0, 0.05) is 12.6 Å². The predicted octanol–water partition coefficient (Wildman–Crippen LogP) is 3.38. The highest BCUT2D eigenvalue weighted by molar-refractivity contribution is 6.33. The molecule has 2 aliphatic rings. The molecule has 1 aliphatic heterocycles. The van der Waals surface area contributed by atoms with E-state index in [2.05, 4.69) is 35.3 Å². The van der Waals surface area contributed by atoms with Crippen LogP contribution in [0.15, 0.2) is 18.2 Å². The number of nitrogens with zero attached hydrogens (tertiary/aromatic N) is 1. The van der Waals surface area contributed by atoms with Crippen molar-refractivity contribution in [1.29, 1.82) is 0 Å². The summed E-state index contributed by atoms with van der Waals surface area (Å²) in [5.74, 6) is 0. The van der Waals surface area contributed by atoms with Gasteiger partial charge in [0.05, 0.1) is 29.5 Å². The molecule has 110 valence electrons. The van der Waals surface area contributed by atoms with Gasteiger partial charge in [0.2, 0.25) is 0 Å². The van der Waals surface area contributed by atoms with Crippen LogP contribution in [-0.4, -0.2) is 32.3 Å². The van der Waals surface area contributed by atoms with Crippen molar-refractivity contribution in [3.8, 4) is 0 Å². The zero-order valence-electron chi connectivity index (χ0n) is 12.2. The van der Waals surface area contributed by atoms with E-state index in [0.717, 1.165) is 18.2 Å². The summed E-state index contributed by atoms with van der Waals surface area (Å²) >= 11 is 6.54. The minimum atomic E-state index is 0.325. The lowest BCUT2D eigenvalue weighted by atomic mass is 10.1. The number of halogens is 1. The molecule has 20 heavy (non-hydrogen) atoms. The van der Waals surface area contributed by atoms with Gasteiger partial charge < -0.3 is 15.0 Å². The van der Waals surface area contributed by atoms with Crippen LogP contribution in [0.5, 0.6) is 0 Å². The van der Waals surface area contributed by atoms with Crippen molar-refractivity contribution in [1.82, 2.24) is 5.32 Å². The second kappa shape index (κ2) is 5.92. The van der Waals surface area contributed by atoms with Crippen molar-refractivity contribution in [2.75, 3.05) is 25.1 Å². The smallest absolute Gasteiger partial charge is 0.0779 e. The second-order valence-corrected chi connectivity index (χ2v) is 6.23. The van der Waals surface area contributed by atoms with Crippen molar-refractivity contribution in [2.45, 2.75) is 44.4 Å². The van der Waals surface area contributed by atoms with Crippen LogP contribution >= 0.6 is 11.6 Å². The molecule has 0 amide bonds. The number of morpholine rings is 1. The van der Waals surface area contributed by atoms with Crippen molar-refractivity contribution in [2.24, 2.45) is 0 Å². The third-order valence-electron chi connectivity index (χ3n) is 4.70. The summed E-state index contributed by atoms with van der Waals surface area (Å²) in [6, 6.07) is 7.28. The molecule has 0 bridgehead atoms. The van der Waals surface area contributed by atoms with Gasteiger partial charge in [-0.3, -0.25) is 0 Å². The number of anilines is 1. The molecular formula is C16H23ClN2O. The van der Waals surface area contributed by atoms with Gasteiger partial charge in [-0.25, -0.2) is 0 Å². The summed E-state index contributed by atoms with van der Waals surface area (Å²) in [6.45, 7) is 3.90. The highest BCUT2D eigenvalue weighted by atomic mass is 35.5. The molecule has 3 rings (SSSR count). The van der Waals surface area contributed by atoms with E-state index in [-0.39, 0.29) is 0 Å². The van der Waals surface area contributed by atoms with Crippen LogP contribution in [0.3, 0.4) is 0 Å². The molecular weight excluding hydrogens is 272 g/mol. The van der Waals surface area contributed by atoms with Crippen molar-refractivity contribution < 1.29 is 4.74 Å². The molecule has 1 N–H and O–H groups in total. The van der Waals surface area contributed by atoms with Crippen LogP contribution in [-0.2, 0) is 4.74 Å². The molecule has 1 aromatic rings. The van der Waals surface area contributed by atoms with Crippen molar-refractivity contribution >= 4 is 17.3 Å². The fraction of sp³-hybridized carbons (Fsp3) is 0.625. The van der Waals surface area contributed by atoms with E-state index in [0.29, 0.717) is 18.2 Å². The number of ether oxygens (including phenoxy) is 1. The molecule has 1 saturated carbocycles. The number of hydrogen-bond acceptors (Lipinski definition) is 3. The van der Waals surface area contributed by atoms with E-state index in [4.69, 9.17) is 16.3 Å². The maximum Gasteiger partial charge on any atom is 0.0779 e. The first-order valence-electron chi connectivity index (χ1n) is 7.55. The van der Waals surface area contributed by atoms with E-state index in [9.17, 15) is 0 Å². The van der Waals surface area contributed by atoms with Crippen molar-refractivity contribution in [3.05, 3.63) is 28.8 Å². The number of nitrogens with one attached hydrogen (secondary N) is 1. The summed E-state index contributed by atoms with van der Waals surface area (Å²) < 4.78 is 5.88. The zero-order chi connectivity index (χ0) is 14.1. The van der Waals surface area contributed by atoms with E-state index >= 15 is 0 Å². The Labute approximate surface area is 126 Å². The Bertz CT molecular complexity index is 480. The first-order chi connectivity index (χ1) is 9.70. The highest BCUT2D eigenvalue weighted by Crippen LogP contribution is 2.37. The van der Waals surface area contributed by atoms with Crippen LogP contribution in [0, 0.1) is 0 Å². The van der Waals surface area contributed by atoms with Crippen LogP contribution in [0.25, 0.3) is 0 Å². The molecule has 0 spiro atoms. The van der Waals surface area contributed by atoms with Crippen LogP contribution in [0.4, 0.5) is 5.69 Å². The normalized spacial score (nSPS) is 27.4. The quantitative estimate of drug-likeness (QED) is 0.925. The van der Waals surface area contributed by atoms with Gasteiger partial charge >= 0.3 is 0 Å². The zero-order valence-corrected chi connectivity index (χ0v) is 13.0. The van der Waals surface area contributed by atoms with Gasteiger partial charge in [0.25, 0.3) is 0 Å². The summed E-state index contributed by atoms with van der Waals surface area (Å²) in [5.41, 5.74) is 2.40. The van der Waals surface area contributed by atoms with Gasteiger partial charge in [-0.15, -0.1) is 0 Å². The van der Waals surface area contributed by atoms with E-state index in [1.165, 1.54) is 30.5 Å². The van der Waals surface area contributed by atoms with Gasteiger partial charge in [-0.2, -0.15) is 0 Å². The number of hydrogen-bond donors (Lipinski definition) is 1. The standard InChI is InChI=1S/C16H23ClN2O/c1-11(18-2)12-6-7-14(13(17)10-12)19-8-9-20-16-5-3-4-15(16)19/h6-7,10-11,15-16,18H,3-5,8-9H2,1-2H3. The fourth-order valence-electron chi connectivity index (χ4n) is 3.42. The molecule has 3 nitrogen and oxygen atoms in total. The average molecular weight is 295 g/mol. The van der Waals surface area contributed by atoms with Crippen LogP contribution < -0.4 is 10.2 Å². The number of fused-ring (bicyclic) bond motifs is 1. The Hall–Kier alpha value is -0.770. The highest BCUT2D eigenvalue weighted by Gasteiger charge is 2.36. The maximum absolute atomic E-state index is 6.54. The Morgan fingerprint density at radius 2 is 2.25 bits per heavy atom. The van der Waals surface area contributed by atoms with E-state index < -0.39 is 0 Å². The molecule has 3 unspecified atom stereocenters. The fourth-order valence-corrected chi connectivity index (χ4v) is 3.71. The molecule has 1 aliphatic carbocycles. The minimum Gasteiger partial charge on any atom is -0.374 e. The Kier molecular flexibility index (Phi) is 4.20. The van der Waals surface area contributed by atoms with Gasteiger partial charge in [-0.05, 0) is 50.9 Å². The first kappa shape index (κ1) is 14.2. The molecule has 1 heterocycles. The lowest BCUT2D eigenvalue weighted by Gasteiger charge is -2.39. The molecule has 2 fully saturated rings. The topological polar surface area (TPSA) is 24.5 Å². The molecule has 3 atom stereocenters. The van der Waals surface area contributed by atoms with Crippen LogP contribution in [0.2, 0.25) is 5.02 Å². The maximum atomic E-state index is 6.54. The molecule has 0 radical (unpaired) electrons. The third kappa shape index (κ3) is 2.54. The number of rotatable bonds is 3. The number of benzene rings is 1. The summed E-state index contributed by atoms with van der Waals surface area (Å²) in [4.78, 5) is 2.46. The Morgan fingerprint density at radius 3 is 3.00 bits per heavy atom. The lowest BCUT2D eigenvalue weighted by molar-refractivity contribution is 0.0256. The molecule has 1 aromatic carbocycles. The minimum absolute atomic E-state index is 0.325. The Morgan fingerprint density at radius 1 is 1.40 bits per heavy atom. The van der Waals surface area contributed by atoms with Crippen LogP contribution in [0.1, 0.15) is 37.8 Å². The van der Waals surface area contributed by atoms with E-state index in [1.54, 1.807) is 0 Å². The largest absolute Gasteiger partial charge is 0.374 e. The van der Waals surface area contributed by atoms with E-state index in [1.807, 2.05) is 7.05 Å². The molecule has 0 aromatic heterocycles. The monoisotopic (exact) mass is 294 g/mol. The second-order valence-electron chi connectivity index (χ2n) is 5.82. The Balaban J connectivity index is 1.86.